The number of hydrogen-bond donors (Lipinski definition) is 1. The van der Waals surface area contributed by atoms with E-state index in [9.17, 15) is 17.9 Å². The fraction of sp³-hybridized carbons (Fsp3) is 0.125. The molecular weight excluding hydrogens is 450 g/mol. The monoisotopic (exact) mass is 468 g/mol. The zero-order valence-electron chi connectivity index (χ0n) is 17.4. The predicted molar refractivity (Wildman–Crippen MR) is 119 cm³/mol. The van der Waals surface area contributed by atoms with Crippen molar-refractivity contribution in [2.75, 3.05) is 6.61 Å². The van der Waals surface area contributed by atoms with E-state index in [4.69, 9.17) is 11.3 Å². The highest BCUT2D eigenvalue weighted by molar-refractivity contribution is 7.90. The molecule has 0 bridgehead atoms. The van der Waals surface area contributed by atoms with Crippen molar-refractivity contribution in [2.45, 2.75) is 18.2 Å². The number of halogens is 2. The van der Waals surface area contributed by atoms with Gasteiger partial charge in [-0.25, -0.2) is 26.0 Å². The summed E-state index contributed by atoms with van der Waals surface area (Å²) in [5, 5.41) is 9.94. The lowest BCUT2D eigenvalue weighted by Gasteiger charge is -2.15. The number of aliphatic hydroxyl groups excluding tert-OH is 1. The van der Waals surface area contributed by atoms with Crippen LogP contribution in [0.15, 0.2) is 65.7 Å². The third-order valence-electron chi connectivity index (χ3n) is 5.17. The molecule has 0 atom stereocenters. The molecule has 1 N–H and O–H groups in total. The summed E-state index contributed by atoms with van der Waals surface area (Å²) in [5.74, 6) is -1.79. The van der Waals surface area contributed by atoms with Gasteiger partial charge in [-0.05, 0) is 49.7 Å². The molecule has 0 aliphatic rings. The minimum absolute atomic E-state index is 0.0188. The molecule has 3 aromatic carbocycles. The van der Waals surface area contributed by atoms with Crippen molar-refractivity contribution in [3.05, 3.63) is 95.0 Å². The molecule has 0 aliphatic carbocycles. The second kappa shape index (κ2) is 8.65. The third kappa shape index (κ3) is 4.06. The number of rotatable bonds is 6. The Kier molecular flexibility index (Phi) is 5.89. The van der Waals surface area contributed by atoms with Gasteiger partial charge in [0.15, 0.2) is 11.6 Å². The lowest BCUT2D eigenvalue weighted by atomic mass is 10.1. The van der Waals surface area contributed by atoms with Crippen molar-refractivity contribution >= 4 is 26.6 Å². The number of aliphatic hydroxyl groups is 1. The zero-order chi connectivity index (χ0) is 23.8. The maximum Gasteiger partial charge on any atom is 0.268 e. The van der Waals surface area contributed by atoms with Crippen LogP contribution in [0, 0.1) is 25.1 Å². The lowest BCUT2D eigenvalue weighted by molar-refractivity contribution is 0.297. The van der Waals surface area contributed by atoms with E-state index >= 15 is 4.39 Å². The van der Waals surface area contributed by atoms with E-state index < -0.39 is 21.7 Å². The van der Waals surface area contributed by atoms with Crippen LogP contribution in [0.5, 0.6) is 11.5 Å². The van der Waals surface area contributed by atoms with Crippen LogP contribution in [0.2, 0.25) is 0 Å². The number of aromatic nitrogens is 1. The summed E-state index contributed by atoms with van der Waals surface area (Å²) in [7, 11) is -4.00. The molecule has 0 aliphatic heterocycles. The number of fused-ring (bicyclic) bond motifs is 1. The van der Waals surface area contributed by atoms with Crippen LogP contribution >= 0.6 is 0 Å². The van der Waals surface area contributed by atoms with Crippen molar-refractivity contribution in [2.24, 2.45) is 0 Å². The Morgan fingerprint density at radius 3 is 2.45 bits per heavy atom. The first-order valence-corrected chi connectivity index (χ1v) is 11.3. The van der Waals surface area contributed by atoms with Crippen molar-refractivity contribution in [1.82, 2.24) is 3.97 Å². The minimum Gasteiger partial charge on any atom is -0.455 e. The first kappa shape index (κ1) is 22.5. The van der Waals surface area contributed by atoms with Crippen LogP contribution in [0.1, 0.15) is 11.1 Å². The van der Waals surface area contributed by atoms with Crippen molar-refractivity contribution in [3.8, 4) is 11.5 Å². The maximum absolute atomic E-state index is 15.2. The van der Waals surface area contributed by atoms with Gasteiger partial charge < -0.3 is 9.84 Å². The number of hydrogen-bond acceptors (Lipinski definition) is 4. The highest BCUT2D eigenvalue weighted by Gasteiger charge is 2.24. The van der Waals surface area contributed by atoms with Crippen LogP contribution < -0.4 is 4.74 Å². The molecule has 1 heterocycles. The second-order valence-corrected chi connectivity index (χ2v) is 9.14. The fourth-order valence-electron chi connectivity index (χ4n) is 3.54. The van der Waals surface area contributed by atoms with Gasteiger partial charge in [0, 0.05) is 29.8 Å². The molecule has 0 saturated carbocycles. The summed E-state index contributed by atoms with van der Waals surface area (Å²) < 4.78 is 61.8. The van der Waals surface area contributed by atoms with Crippen molar-refractivity contribution < 1.29 is 27.0 Å². The Labute approximate surface area is 189 Å². The average molecular weight is 468 g/mol. The number of nitrogens with zero attached hydrogens (tertiary/aromatic N) is 2. The fourth-order valence-corrected chi connectivity index (χ4v) is 4.88. The van der Waals surface area contributed by atoms with E-state index in [-0.39, 0.29) is 46.2 Å². The summed E-state index contributed by atoms with van der Waals surface area (Å²) >= 11 is 0. The number of ether oxygens (including phenoxy) is 1. The van der Waals surface area contributed by atoms with E-state index in [0.717, 1.165) is 27.7 Å². The van der Waals surface area contributed by atoms with Gasteiger partial charge in [0.1, 0.15) is 11.6 Å². The Balaban J connectivity index is 1.86. The molecule has 4 rings (SSSR count). The molecule has 168 valence electrons. The summed E-state index contributed by atoms with van der Waals surface area (Å²) in [4.78, 5) is 3.11. The first-order chi connectivity index (χ1) is 15.8. The van der Waals surface area contributed by atoms with Gasteiger partial charge >= 0.3 is 0 Å². The van der Waals surface area contributed by atoms with Crippen molar-refractivity contribution in [1.29, 1.82) is 0 Å². The lowest BCUT2D eigenvalue weighted by Crippen LogP contribution is -2.12. The van der Waals surface area contributed by atoms with Crippen LogP contribution in [0.25, 0.3) is 15.7 Å². The zero-order valence-corrected chi connectivity index (χ0v) is 18.2. The van der Waals surface area contributed by atoms with Gasteiger partial charge in [0.05, 0.1) is 17.0 Å². The molecule has 6 nitrogen and oxygen atoms in total. The van der Waals surface area contributed by atoms with Crippen LogP contribution in [-0.2, 0) is 16.4 Å². The Hall–Kier alpha value is -3.74. The summed E-state index contributed by atoms with van der Waals surface area (Å²) in [6.07, 6.45) is 1.30. The van der Waals surface area contributed by atoms with Crippen LogP contribution in [0.3, 0.4) is 0 Å². The first-order valence-electron chi connectivity index (χ1n) is 9.86. The van der Waals surface area contributed by atoms with E-state index in [2.05, 4.69) is 4.85 Å². The average Bonchev–Trinajstić information content (AvgIpc) is 3.22. The second-order valence-electron chi connectivity index (χ2n) is 7.33. The SMILES string of the molecule is [C-]#[N+]c1cc(Oc2c(F)cc3c(ccn3S(=O)(=O)c3ccc(C)cc3)c2CCO)ccc1F. The maximum atomic E-state index is 15.2. The number of benzene rings is 3. The van der Waals surface area contributed by atoms with E-state index in [1.807, 2.05) is 6.92 Å². The Bertz CT molecular complexity index is 1500. The van der Waals surface area contributed by atoms with Crippen LogP contribution in [-0.4, -0.2) is 24.1 Å². The molecular formula is C24H18F2N2O4S. The molecule has 0 spiro atoms. The van der Waals surface area contributed by atoms with Crippen molar-refractivity contribution in [3.63, 3.8) is 0 Å². The highest BCUT2D eigenvalue weighted by Crippen LogP contribution is 2.37. The molecule has 0 saturated heterocycles. The van der Waals surface area contributed by atoms with Gasteiger partial charge in [-0.3, -0.25) is 0 Å². The normalized spacial score (nSPS) is 11.5. The molecule has 4 aromatic rings. The third-order valence-corrected chi connectivity index (χ3v) is 6.87. The molecule has 9 heteroatoms. The summed E-state index contributed by atoms with van der Waals surface area (Å²) in [6.45, 7) is 8.52. The molecule has 0 amide bonds. The largest absolute Gasteiger partial charge is 0.455 e. The van der Waals surface area contributed by atoms with Gasteiger partial charge in [-0.2, -0.15) is 0 Å². The van der Waals surface area contributed by atoms with Crippen LogP contribution in [0.4, 0.5) is 14.5 Å². The minimum atomic E-state index is -4.00. The van der Waals surface area contributed by atoms with E-state index in [1.54, 1.807) is 12.1 Å². The Morgan fingerprint density at radius 2 is 1.79 bits per heavy atom. The Morgan fingerprint density at radius 1 is 1.06 bits per heavy atom. The summed E-state index contributed by atoms with van der Waals surface area (Å²) in [5.41, 5.74) is 0.948. The number of aryl methyl sites for hydroxylation is 1. The van der Waals surface area contributed by atoms with Gasteiger partial charge in [-0.15, -0.1) is 0 Å². The van der Waals surface area contributed by atoms with Gasteiger partial charge in [0.2, 0.25) is 5.69 Å². The smallest absolute Gasteiger partial charge is 0.268 e. The van der Waals surface area contributed by atoms with E-state index in [1.165, 1.54) is 30.5 Å². The van der Waals surface area contributed by atoms with Gasteiger partial charge in [0.25, 0.3) is 10.0 Å². The molecule has 33 heavy (non-hydrogen) atoms. The molecule has 0 fully saturated rings. The predicted octanol–water partition coefficient (Wildman–Crippen LogP) is 5.34. The topological polar surface area (TPSA) is 72.9 Å². The molecule has 0 unspecified atom stereocenters. The van der Waals surface area contributed by atoms with Gasteiger partial charge in [-0.1, -0.05) is 17.7 Å². The quantitative estimate of drug-likeness (QED) is 0.388. The molecule has 0 radical (unpaired) electrons. The standard InChI is InChI=1S/C24H18F2N2O4S/c1-15-3-6-17(7-4-15)33(30,31)28-11-9-18-19(10-12-29)24(21(26)14-23(18)28)32-16-5-8-20(25)22(13-16)27-2/h3-9,11,13-14,29H,10,12H2,1H3. The van der Waals surface area contributed by atoms with E-state index in [0.29, 0.717) is 5.39 Å². The molecule has 1 aromatic heterocycles. The summed E-state index contributed by atoms with van der Waals surface area (Å²) in [6, 6.07) is 12.3. The highest BCUT2D eigenvalue weighted by atomic mass is 32.2.